The van der Waals surface area contributed by atoms with Gasteiger partial charge in [0, 0.05) is 11.8 Å². The van der Waals surface area contributed by atoms with Crippen LogP contribution in [0.1, 0.15) is 11.1 Å². The van der Waals surface area contributed by atoms with Gasteiger partial charge in [-0.2, -0.15) is 5.26 Å². The smallest absolute Gasteiger partial charge is 0.444 e. The summed E-state index contributed by atoms with van der Waals surface area (Å²) in [5.41, 5.74) is 0.454. The molecular weight excluding hydrogens is 325 g/mol. The number of nitrogens with zero attached hydrogens (tertiary/aromatic N) is 1. The second kappa shape index (κ2) is 7.37. The van der Waals surface area contributed by atoms with Crippen molar-refractivity contribution in [1.82, 2.24) is 0 Å². The van der Waals surface area contributed by atoms with Crippen LogP contribution in [0.4, 0.5) is 23.7 Å². The minimum absolute atomic E-state index is 0.00584. The molecule has 0 saturated carbocycles. The van der Waals surface area contributed by atoms with Gasteiger partial charge in [-0.3, -0.25) is 5.32 Å². The quantitative estimate of drug-likeness (QED) is 0.908. The lowest BCUT2D eigenvalue weighted by molar-refractivity contribution is -0.274. The number of rotatable bonds is 4. The highest BCUT2D eigenvalue weighted by molar-refractivity contribution is 5.85. The second-order valence-electron chi connectivity index (χ2n) is 4.56. The van der Waals surface area contributed by atoms with Crippen LogP contribution in [-0.2, 0) is 11.3 Å². The Morgan fingerprint density at radius 1 is 1.17 bits per heavy atom. The number of carbonyl (C=O) groups excluding carboxylic acids is 1. The third kappa shape index (κ3) is 5.21. The van der Waals surface area contributed by atoms with E-state index in [0.29, 0.717) is 0 Å². The minimum atomic E-state index is -4.95. The monoisotopic (exact) mass is 336 g/mol. The van der Waals surface area contributed by atoms with Gasteiger partial charge in [0.2, 0.25) is 0 Å². The number of anilines is 1. The molecule has 0 spiro atoms. The highest BCUT2D eigenvalue weighted by atomic mass is 19.4. The Labute approximate surface area is 135 Å². The molecule has 5 nitrogen and oxygen atoms in total. The maximum atomic E-state index is 12.3. The topological polar surface area (TPSA) is 71.4 Å². The van der Waals surface area contributed by atoms with Gasteiger partial charge in [-0.05, 0) is 17.7 Å². The standard InChI is InChI=1S/C16H11F3N2O3/c17-16(18,19)24-14-8-13(7-6-12(14)9-20)21-15(22)23-10-11-4-2-1-3-5-11/h1-8H,10H2,(H,21,22). The van der Waals surface area contributed by atoms with E-state index in [0.717, 1.165) is 17.7 Å². The zero-order chi connectivity index (χ0) is 17.6. The molecule has 0 bridgehead atoms. The first-order valence-electron chi connectivity index (χ1n) is 6.65. The fraction of sp³-hybridized carbons (Fsp3) is 0.125. The van der Waals surface area contributed by atoms with Gasteiger partial charge >= 0.3 is 12.5 Å². The Bertz CT molecular complexity index is 755. The van der Waals surface area contributed by atoms with E-state index < -0.39 is 18.2 Å². The van der Waals surface area contributed by atoms with Crippen LogP contribution in [0.25, 0.3) is 0 Å². The van der Waals surface area contributed by atoms with E-state index in [1.54, 1.807) is 30.3 Å². The van der Waals surface area contributed by atoms with E-state index in [1.165, 1.54) is 6.07 Å². The summed E-state index contributed by atoms with van der Waals surface area (Å²) < 4.78 is 45.7. The summed E-state index contributed by atoms with van der Waals surface area (Å²) in [5.74, 6) is -0.703. The molecule has 124 valence electrons. The Balaban J connectivity index is 2.02. The first kappa shape index (κ1) is 17.1. The van der Waals surface area contributed by atoms with Crippen LogP contribution in [0.3, 0.4) is 0 Å². The fourth-order valence-corrected chi connectivity index (χ4v) is 1.78. The Kier molecular flexibility index (Phi) is 5.27. The summed E-state index contributed by atoms with van der Waals surface area (Å²) in [6, 6.07) is 13.7. The van der Waals surface area contributed by atoms with Crippen molar-refractivity contribution in [3.8, 4) is 11.8 Å². The Hall–Kier alpha value is -3.21. The molecule has 8 heteroatoms. The number of nitrogens with one attached hydrogen (secondary N) is 1. The van der Waals surface area contributed by atoms with Gasteiger partial charge in [0.15, 0.2) is 0 Å². The van der Waals surface area contributed by atoms with Crippen LogP contribution in [0, 0.1) is 11.3 Å². The highest BCUT2D eigenvalue weighted by Gasteiger charge is 2.32. The largest absolute Gasteiger partial charge is 0.573 e. The third-order valence-electron chi connectivity index (χ3n) is 2.79. The van der Waals surface area contributed by atoms with Gasteiger partial charge in [0.1, 0.15) is 18.4 Å². The summed E-state index contributed by atoms with van der Waals surface area (Å²) in [5, 5.41) is 11.1. The predicted molar refractivity (Wildman–Crippen MR) is 78.1 cm³/mol. The van der Waals surface area contributed by atoms with Gasteiger partial charge < -0.3 is 9.47 Å². The van der Waals surface area contributed by atoms with Crippen LogP contribution in [0.15, 0.2) is 48.5 Å². The SMILES string of the molecule is N#Cc1ccc(NC(=O)OCc2ccccc2)cc1OC(F)(F)F. The van der Waals surface area contributed by atoms with Crippen LogP contribution >= 0.6 is 0 Å². The van der Waals surface area contributed by atoms with E-state index in [9.17, 15) is 18.0 Å². The van der Waals surface area contributed by atoms with E-state index in [-0.39, 0.29) is 17.9 Å². The van der Waals surface area contributed by atoms with E-state index in [2.05, 4.69) is 10.1 Å². The molecule has 0 aliphatic carbocycles. The zero-order valence-electron chi connectivity index (χ0n) is 12.1. The van der Waals surface area contributed by atoms with Gasteiger partial charge in [0.25, 0.3) is 0 Å². The predicted octanol–water partition coefficient (Wildman–Crippen LogP) is 4.21. The van der Waals surface area contributed by atoms with Crippen molar-refractivity contribution >= 4 is 11.8 Å². The van der Waals surface area contributed by atoms with Gasteiger partial charge in [-0.25, -0.2) is 4.79 Å². The first-order chi connectivity index (χ1) is 11.4. The summed E-state index contributed by atoms with van der Waals surface area (Å²) in [7, 11) is 0. The summed E-state index contributed by atoms with van der Waals surface area (Å²) in [6.07, 6.45) is -5.79. The molecule has 2 rings (SSSR count). The average molecular weight is 336 g/mol. The Morgan fingerprint density at radius 2 is 1.88 bits per heavy atom. The molecule has 0 saturated heterocycles. The Morgan fingerprint density at radius 3 is 2.50 bits per heavy atom. The fourth-order valence-electron chi connectivity index (χ4n) is 1.78. The van der Waals surface area contributed by atoms with Crippen molar-refractivity contribution in [1.29, 1.82) is 5.26 Å². The first-order valence-corrected chi connectivity index (χ1v) is 6.65. The number of amides is 1. The maximum absolute atomic E-state index is 12.3. The van der Waals surface area contributed by atoms with Crippen molar-refractivity contribution in [3.63, 3.8) is 0 Å². The molecule has 0 unspecified atom stereocenters. The molecule has 0 radical (unpaired) electrons. The van der Waals surface area contributed by atoms with Crippen molar-refractivity contribution in [2.75, 3.05) is 5.32 Å². The van der Waals surface area contributed by atoms with Gasteiger partial charge in [-0.15, -0.1) is 13.2 Å². The van der Waals surface area contributed by atoms with E-state index in [1.807, 2.05) is 6.07 Å². The lowest BCUT2D eigenvalue weighted by Gasteiger charge is -2.12. The summed E-state index contributed by atoms with van der Waals surface area (Å²) >= 11 is 0. The molecule has 2 aromatic rings. The molecule has 0 heterocycles. The minimum Gasteiger partial charge on any atom is -0.444 e. The maximum Gasteiger partial charge on any atom is 0.573 e. The average Bonchev–Trinajstić information content (AvgIpc) is 2.53. The highest BCUT2D eigenvalue weighted by Crippen LogP contribution is 2.28. The van der Waals surface area contributed by atoms with Crippen LogP contribution < -0.4 is 10.1 Å². The lowest BCUT2D eigenvalue weighted by Crippen LogP contribution is -2.18. The number of ether oxygens (including phenoxy) is 2. The van der Waals surface area contributed by atoms with Crippen LogP contribution in [-0.4, -0.2) is 12.5 Å². The number of nitriles is 1. The van der Waals surface area contributed by atoms with Crippen molar-refractivity contribution in [3.05, 3.63) is 59.7 Å². The molecule has 0 aromatic heterocycles. The van der Waals surface area contributed by atoms with Crippen LogP contribution in [0.2, 0.25) is 0 Å². The van der Waals surface area contributed by atoms with Crippen LogP contribution in [0.5, 0.6) is 5.75 Å². The summed E-state index contributed by atoms with van der Waals surface area (Å²) in [6.45, 7) is 0.00879. The zero-order valence-corrected chi connectivity index (χ0v) is 12.1. The number of hydrogen-bond donors (Lipinski definition) is 1. The molecule has 0 fully saturated rings. The van der Waals surface area contributed by atoms with Crippen molar-refractivity contribution in [2.45, 2.75) is 13.0 Å². The second-order valence-corrected chi connectivity index (χ2v) is 4.56. The number of alkyl halides is 3. The van der Waals surface area contributed by atoms with Gasteiger partial charge in [-0.1, -0.05) is 30.3 Å². The normalized spacial score (nSPS) is 10.6. The molecule has 24 heavy (non-hydrogen) atoms. The molecule has 1 amide bonds. The number of hydrogen-bond acceptors (Lipinski definition) is 4. The molecule has 2 aromatic carbocycles. The lowest BCUT2D eigenvalue weighted by atomic mass is 10.2. The van der Waals surface area contributed by atoms with E-state index >= 15 is 0 Å². The molecular formula is C16H11F3N2O3. The molecule has 0 aliphatic rings. The third-order valence-corrected chi connectivity index (χ3v) is 2.79. The molecule has 0 aliphatic heterocycles. The summed E-state index contributed by atoms with van der Waals surface area (Å²) in [4.78, 5) is 11.7. The van der Waals surface area contributed by atoms with E-state index in [4.69, 9.17) is 10.00 Å². The molecule has 1 N–H and O–H groups in total. The molecule has 0 atom stereocenters. The van der Waals surface area contributed by atoms with Gasteiger partial charge in [0.05, 0.1) is 5.56 Å². The van der Waals surface area contributed by atoms with Crippen molar-refractivity contribution in [2.24, 2.45) is 0 Å². The number of benzene rings is 2. The van der Waals surface area contributed by atoms with Crippen molar-refractivity contribution < 1.29 is 27.4 Å². The number of carbonyl (C=O) groups is 1. The number of halogens is 3.